The third-order valence-electron chi connectivity index (χ3n) is 1.31. The lowest BCUT2D eigenvalue weighted by Gasteiger charge is -2.28. The zero-order chi connectivity index (χ0) is 15.0. The number of hydrogen-bond acceptors (Lipinski definition) is 2. The molecule has 0 fully saturated rings. The van der Waals surface area contributed by atoms with Crippen LogP contribution in [0.4, 0.5) is 43.9 Å². The third kappa shape index (κ3) is 4.31. The minimum absolute atomic E-state index is 2.06. The average molecular weight is 296 g/mol. The number of carbonyl (C=O) groups excluding carboxylic acids is 1. The number of halogens is 10. The van der Waals surface area contributed by atoms with Gasteiger partial charge in [-0.3, -0.25) is 9.53 Å². The van der Waals surface area contributed by atoms with Crippen LogP contribution in [-0.2, 0) is 9.53 Å². The first kappa shape index (κ1) is 16.9. The van der Waals surface area contributed by atoms with Gasteiger partial charge in [0.05, 0.1) is 0 Å². The number of hydrogen-bond donors (Lipinski definition) is 0. The van der Waals surface area contributed by atoms with Crippen molar-refractivity contribution in [3.63, 3.8) is 0 Å². The van der Waals surface area contributed by atoms with Gasteiger partial charge in [-0.15, -0.1) is 0 Å². The predicted molar refractivity (Wildman–Crippen MR) is 32.7 cm³/mol. The number of ether oxygens (including phenoxy) is 1. The summed E-state index contributed by atoms with van der Waals surface area (Å²) in [5.74, 6) is -6.16. The normalized spacial score (nSPS) is 17.4. The standard InChI is InChI=1S/C6H2F10O2/c7-2(17)5(13,6(14,15)16)18-4(11,12)1-3(8,9)10/h1H2. The molecule has 0 saturated heterocycles. The second kappa shape index (κ2) is 4.55. The van der Waals surface area contributed by atoms with Crippen LogP contribution in [0.25, 0.3) is 0 Å². The Morgan fingerprint density at radius 2 is 1.28 bits per heavy atom. The van der Waals surface area contributed by atoms with Gasteiger partial charge in [-0.2, -0.15) is 43.9 Å². The SMILES string of the molecule is O=C(F)C(F)(OC(F)(F)CC(F)(F)F)C(F)(F)F. The first-order valence-electron chi connectivity index (χ1n) is 3.71. The highest BCUT2D eigenvalue weighted by molar-refractivity contribution is 5.77. The van der Waals surface area contributed by atoms with E-state index < -0.39 is 36.8 Å². The minimum atomic E-state index is -6.60. The van der Waals surface area contributed by atoms with E-state index in [9.17, 15) is 48.7 Å². The van der Waals surface area contributed by atoms with Crippen molar-refractivity contribution in [2.75, 3.05) is 0 Å². The van der Waals surface area contributed by atoms with Gasteiger partial charge in [0.15, 0.2) is 0 Å². The Hall–Kier alpha value is -1.07. The first-order valence-corrected chi connectivity index (χ1v) is 3.71. The van der Waals surface area contributed by atoms with Crippen LogP contribution in [0.5, 0.6) is 0 Å². The van der Waals surface area contributed by atoms with Crippen molar-refractivity contribution in [2.45, 2.75) is 30.7 Å². The largest absolute Gasteiger partial charge is 0.459 e. The van der Waals surface area contributed by atoms with E-state index >= 15 is 0 Å². The Kier molecular flexibility index (Phi) is 4.28. The maximum Gasteiger partial charge on any atom is 0.459 e. The summed E-state index contributed by atoms with van der Waals surface area (Å²) in [4.78, 5) is 9.65. The molecule has 0 aromatic rings. The van der Waals surface area contributed by atoms with Crippen LogP contribution in [0.15, 0.2) is 0 Å². The lowest BCUT2D eigenvalue weighted by Crippen LogP contribution is -2.53. The van der Waals surface area contributed by atoms with E-state index in [4.69, 9.17) is 0 Å². The van der Waals surface area contributed by atoms with Gasteiger partial charge in [0.25, 0.3) is 0 Å². The van der Waals surface area contributed by atoms with Gasteiger partial charge in [0, 0.05) is 0 Å². The molecule has 0 aliphatic heterocycles. The molecule has 0 N–H and O–H groups in total. The molecule has 1 unspecified atom stereocenters. The predicted octanol–water partition coefficient (Wildman–Crippen LogP) is 3.27. The van der Waals surface area contributed by atoms with E-state index in [2.05, 4.69) is 4.74 Å². The molecule has 1 atom stereocenters. The van der Waals surface area contributed by atoms with E-state index in [1.54, 1.807) is 0 Å². The smallest absolute Gasteiger partial charge is 0.266 e. The molecule has 0 aromatic heterocycles. The molecule has 0 saturated carbocycles. The van der Waals surface area contributed by atoms with E-state index in [0.29, 0.717) is 0 Å². The van der Waals surface area contributed by atoms with Crippen LogP contribution in [0.1, 0.15) is 6.42 Å². The van der Waals surface area contributed by atoms with Gasteiger partial charge in [0.2, 0.25) is 0 Å². The Labute approximate surface area is 91.5 Å². The van der Waals surface area contributed by atoms with Crippen molar-refractivity contribution < 1.29 is 53.4 Å². The van der Waals surface area contributed by atoms with Crippen molar-refractivity contribution in [1.29, 1.82) is 0 Å². The summed E-state index contributed by atoms with van der Waals surface area (Å²) in [6.07, 6.45) is -21.4. The summed E-state index contributed by atoms with van der Waals surface area (Å²) in [7, 11) is 0. The van der Waals surface area contributed by atoms with Gasteiger partial charge >= 0.3 is 30.4 Å². The van der Waals surface area contributed by atoms with E-state index in [-0.39, 0.29) is 0 Å². The number of alkyl halides is 9. The van der Waals surface area contributed by atoms with Crippen LogP contribution in [0.3, 0.4) is 0 Å². The molecule has 0 bridgehead atoms. The van der Waals surface area contributed by atoms with Crippen LogP contribution in [-0.4, -0.2) is 30.4 Å². The summed E-state index contributed by atoms with van der Waals surface area (Å²) in [6.45, 7) is 0. The van der Waals surface area contributed by atoms with Crippen LogP contribution in [0, 0.1) is 0 Å². The van der Waals surface area contributed by atoms with Gasteiger partial charge in [-0.1, -0.05) is 0 Å². The molecule has 12 heteroatoms. The molecular formula is C6H2F10O2. The fourth-order valence-electron chi connectivity index (χ4n) is 0.685. The second-order valence-corrected chi connectivity index (χ2v) is 2.90. The highest BCUT2D eigenvalue weighted by atomic mass is 19.4. The topological polar surface area (TPSA) is 26.3 Å². The molecule has 0 heterocycles. The second-order valence-electron chi connectivity index (χ2n) is 2.90. The summed E-state index contributed by atoms with van der Waals surface area (Å²) >= 11 is 0. The van der Waals surface area contributed by atoms with Gasteiger partial charge < -0.3 is 0 Å². The Morgan fingerprint density at radius 3 is 1.50 bits per heavy atom. The maximum atomic E-state index is 12.6. The van der Waals surface area contributed by atoms with Crippen LogP contribution >= 0.6 is 0 Å². The summed E-state index contributed by atoms with van der Waals surface area (Å²) in [6, 6.07) is -4.04. The van der Waals surface area contributed by atoms with Gasteiger partial charge in [-0.05, 0) is 0 Å². The van der Waals surface area contributed by atoms with Crippen molar-refractivity contribution in [3.8, 4) is 0 Å². The number of carbonyl (C=O) groups is 1. The molecule has 18 heavy (non-hydrogen) atoms. The molecule has 0 aliphatic rings. The van der Waals surface area contributed by atoms with Gasteiger partial charge in [0.1, 0.15) is 6.42 Å². The molecule has 0 radical (unpaired) electrons. The zero-order valence-corrected chi connectivity index (χ0v) is 7.80. The Bertz CT molecular complexity index is 317. The molecular weight excluding hydrogens is 294 g/mol. The average Bonchev–Trinajstić information content (AvgIpc) is 1.94. The summed E-state index contributed by atoms with van der Waals surface area (Å²) in [5.41, 5.74) is 0. The fraction of sp³-hybridized carbons (Fsp3) is 0.833. The monoisotopic (exact) mass is 296 g/mol. The van der Waals surface area contributed by atoms with Crippen LogP contribution < -0.4 is 0 Å². The minimum Gasteiger partial charge on any atom is -0.266 e. The zero-order valence-electron chi connectivity index (χ0n) is 7.80. The molecule has 0 amide bonds. The maximum absolute atomic E-state index is 12.6. The fourth-order valence-corrected chi connectivity index (χ4v) is 0.685. The number of rotatable bonds is 4. The van der Waals surface area contributed by atoms with Crippen molar-refractivity contribution in [2.24, 2.45) is 0 Å². The van der Waals surface area contributed by atoms with Gasteiger partial charge in [-0.25, -0.2) is 0 Å². The van der Waals surface area contributed by atoms with E-state index in [0.717, 1.165) is 0 Å². The van der Waals surface area contributed by atoms with E-state index in [1.807, 2.05) is 0 Å². The summed E-state index contributed by atoms with van der Waals surface area (Å²) in [5, 5.41) is 0. The summed E-state index contributed by atoms with van der Waals surface area (Å²) < 4.78 is 121. The molecule has 108 valence electrons. The first-order chi connectivity index (χ1) is 7.61. The Balaban J connectivity index is 5.19. The molecule has 0 rings (SSSR count). The van der Waals surface area contributed by atoms with Crippen molar-refractivity contribution in [3.05, 3.63) is 0 Å². The molecule has 0 aromatic carbocycles. The van der Waals surface area contributed by atoms with Crippen LogP contribution in [0.2, 0.25) is 0 Å². The van der Waals surface area contributed by atoms with E-state index in [1.165, 1.54) is 0 Å². The third-order valence-corrected chi connectivity index (χ3v) is 1.31. The van der Waals surface area contributed by atoms with Crippen molar-refractivity contribution >= 4 is 6.04 Å². The highest BCUT2D eigenvalue weighted by Gasteiger charge is 2.69. The molecule has 2 nitrogen and oxygen atoms in total. The highest BCUT2D eigenvalue weighted by Crippen LogP contribution is 2.43. The quantitative estimate of drug-likeness (QED) is 0.588. The molecule has 0 spiro atoms. The Morgan fingerprint density at radius 1 is 0.889 bits per heavy atom. The lowest BCUT2D eigenvalue weighted by atomic mass is 10.3. The molecule has 0 aliphatic carbocycles. The van der Waals surface area contributed by atoms with Crippen molar-refractivity contribution in [1.82, 2.24) is 0 Å². The lowest BCUT2D eigenvalue weighted by molar-refractivity contribution is -0.408.